The van der Waals surface area contributed by atoms with Crippen molar-refractivity contribution in [2.24, 2.45) is 0 Å². The molecule has 0 saturated heterocycles. The van der Waals surface area contributed by atoms with Crippen LogP contribution in [0.15, 0.2) is 53.1 Å². The van der Waals surface area contributed by atoms with Crippen LogP contribution in [0.1, 0.15) is 21.6 Å². The number of para-hydroxylation sites is 1. The van der Waals surface area contributed by atoms with Gasteiger partial charge >= 0.3 is 0 Å². The normalized spacial score (nSPS) is 16.7. The molecule has 2 aromatic heterocycles. The van der Waals surface area contributed by atoms with Gasteiger partial charge in [0.15, 0.2) is 10.1 Å². The number of amides is 1. The Bertz CT molecular complexity index is 881. The van der Waals surface area contributed by atoms with Gasteiger partial charge in [-0.05, 0) is 36.5 Å². The molecule has 1 aliphatic heterocycles. The summed E-state index contributed by atoms with van der Waals surface area (Å²) in [6, 6.07) is 13.3. The molecule has 0 radical (unpaired) electrons. The fourth-order valence-electron chi connectivity index (χ4n) is 2.44. The summed E-state index contributed by atoms with van der Waals surface area (Å²) in [6.07, 6.45) is 1.17. The Balaban J connectivity index is 1.85. The fourth-order valence-corrected chi connectivity index (χ4v) is 3.74. The molecule has 0 bridgehead atoms. The number of carbonyl (C=O) groups is 1. The lowest BCUT2D eigenvalue weighted by molar-refractivity contribution is 0.0934. The largest absolute Gasteiger partial charge is 0.465 e. The molecular weight excluding hydrogens is 318 g/mol. The molecule has 0 fully saturated rings. The lowest BCUT2D eigenvalue weighted by atomic mass is 10.2. The van der Waals surface area contributed by atoms with Gasteiger partial charge in [0.1, 0.15) is 16.5 Å². The molecule has 4 rings (SSSR count). The Kier molecular flexibility index (Phi) is 3.09. The van der Waals surface area contributed by atoms with Crippen molar-refractivity contribution < 1.29 is 9.21 Å². The highest BCUT2D eigenvalue weighted by molar-refractivity contribution is 7.73. The summed E-state index contributed by atoms with van der Waals surface area (Å²) in [6.45, 7) is 0. The van der Waals surface area contributed by atoms with Crippen LogP contribution in [0.5, 0.6) is 0 Å². The van der Waals surface area contributed by atoms with Gasteiger partial charge in [-0.15, -0.1) is 0 Å². The van der Waals surface area contributed by atoms with E-state index >= 15 is 0 Å². The van der Waals surface area contributed by atoms with E-state index in [4.69, 9.17) is 16.6 Å². The number of benzene rings is 1. The molecule has 1 aliphatic rings. The summed E-state index contributed by atoms with van der Waals surface area (Å²) in [5, 5.41) is 6.17. The topological polar surface area (TPSA) is 59.2 Å². The maximum atomic E-state index is 12.3. The van der Waals surface area contributed by atoms with E-state index in [-0.39, 0.29) is 5.91 Å². The number of hydrogen-bond donors (Lipinski definition) is 2. The van der Waals surface area contributed by atoms with E-state index in [1.54, 1.807) is 12.3 Å². The maximum absolute atomic E-state index is 12.3. The summed E-state index contributed by atoms with van der Waals surface area (Å²) in [7, 11) is 0. The first-order valence-corrected chi connectivity index (χ1v) is 7.88. The Hall–Kier alpha value is -2.38. The zero-order chi connectivity index (χ0) is 15.1. The number of rotatable bonds is 2. The highest BCUT2D eigenvalue weighted by Gasteiger charge is 2.30. The summed E-state index contributed by atoms with van der Waals surface area (Å²) < 4.78 is 7.88. The van der Waals surface area contributed by atoms with Gasteiger partial charge in [-0.1, -0.05) is 29.5 Å². The van der Waals surface area contributed by atoms with Gasteiger partial charge in [0.25, 0.3) is 5.91 Å². The SMILES string of the molecule is O=C1N[C@@H](c2ccco2)Nc2c1sc(=S)n2-c1ccccc1. The lowest BCUT2D eigenvalue weighted by Crippen LogP contribution is -2.38. The zero-order valence-corrected chi connectivity index (χ0v) is 12.9. The molecule has 1 aromatic carbocycles. The second-order valence-corrected chi connectivity index (χ2v) is 6.43. The van der Waals surface area contributed by atoms with E-state index in [2.05, 4.69) is 10.6 Å². The standard InChI is InChI=1S/C15H11N3O2S2/c19-14-11-13(16-12(17-14)10-7-4-8-20-10)18(15(21)22-11)9-5-2-1-3-6-9/h1-8,12,16H,(H,17,19)/t12-/m0/s1. The van der Waals surface area contributed by atoms with Gasteiger partial charge in [0.2, 0.25) is 0 Å². The van der Waals surface area contributed by atoms with Crippen LogP contribution >= 0.6 is 23.6 Å². The molecule has 22 heavy (non-hydrogen) atoms. The van der Waals surface area contributed by atoms with E-state index in [9.17, 15) is 4.79 Å². The summed E-state index contributed by atoms with van der Waals surface area (Å²) in [5.41, 5.74) is 0.922. The highest BCUT2D eigenvalue weighted by atomic mass is 32.1. The second kappa shape index (κ2) is 5.11. The third-order valence-corrected chi connectivity index (χ3v) is 4.79. The van der Waals surface area contributed by atoms with Crippen LogP contribution in [-0.4, -0.2) is 10.5 Å². The van der Waals surface area contributed by atoms with Crippen LogP contribution in [0, 0.1) is 3.95 Å². The summed E-state index contributed by atoms with van der Waals surface area (Å²) in [5.74, 6) is 1.20. The third kappa shape index (κ3) is 2.06. The molecule has 3 heterocycles. The minimum atomic E-state index is -0.408. The number of fused-ring (bicyclic) bond motifs is 1. The Morgan fingerprint density at radius 3 is 2.68 bits per heavy atom. The van der Waals surface area contributed by atoms with E-state index in [1.165, 1.54) is 11.3 Å². The summed E-state index contributed by atoms with van der Waals surface area (Å²) >= 11 is 6.72. The molecule has 110 valence electrons. The van der Waals surface area contributed by atoms with Gasteiger partial charge in [-0.25, -0.2) is 0 Å². The smallest absolute Gasteiger partial charge is 0.267 e. The number of anilines is 1. The van der Waals surface area contributed by atoms with Gasteiger partial charge in [0.05, 0.1) is 6.26 Å². The lowest BCUT2D eigenvalue weighted by Gasteiger charge is -2.25. The Morgan fingerprint density at radius 1 is 1.14 bits per heavy atom. The first-order chi connectivity index (χ1) is 10.7. The number of hydrogen-bond acceptors (Lipinski definition) is 5. The zero-order valence-electron chi connectivity index (χ0n) is 11.3. The van der Waals surface area contributed by atoms with Crippen LogP contribution < -0.4 is 10.6 Å². The number of nitrogens with zero attached hydrogens (tertiary/aromatic N) is 1. The van der Waals surface area contributed by atoms with Crippen LogP contribution in [-0.2, 0) is 0 Å². The number of aromatic nitrogens is 1. The monoisotopic (exact) mass is 329 g/mol. The number of carbonyl (C=O) groups excluding carboxylic acids is 1. The first-order valence-electron chi connectivity index (χ1n) is 6.66. The Morgan fingerprint density at radius 2 is 1.95 bits per heavy atom. The molecular formula is C15H11N3O2S2. The number of furan rings is 1. The third-order valence-electron chi connectivity index (χ3n) is 3.42. The molecule has 0 aliphatic carbocycles. The van der Waals surface area contributed by atoms with Gasteiger partial charge in [-0.3, -0.25) is 9.36 Å². The van der Waals surface area contributed by atoms with Crippen molar-refractivity contribution in [1.29, 1.82) is 0 Å². The van der Waals surface area contributed by atoms with Gasteiger partial charge in [-0.2, -0.15) is 0 Å². The molecule has 2 N–H and O–H groups in total. The Labute approximate surface area is 135 Å². The van der Waals surface area contributed by atoms with E-state index in [0.717, 1.165) is 5.69 Å². The molecule has 0 spiro atoms. The molecule has 5 nitrogen and oxygen atoms in total. The molecule has 3 aromatic rings. The van der Waals surface area contributed by atoms with Crippen LogP contribution in [0.4, 0.5) is 5.82 Å². The van der Waals surface area contributed by atoms with Crippen molar-refractivity contribution in [3.8, 4) is 5.69 Å². The van der Waals surface area contributed by atoms with E-state index < -0.39 is 6.17 Å². The molecule has 1 atom stereocenters. The quantitative estimate of drug-likeness (QED) is 0.704. The van der Waals surface area contributed by atoms with Crippen LogP contribution in [0.25, 0.3) is 5.69 Å². The fraction of sp³-hybridized carbons (Fsp3) is 0.0667. The van der Waals surface area contributed by atoms with Crippen molar-refractivity contribution in [1.82, 2.24) is 9.88 Å². The minimum absolute atomic E-state index is 0.152. The average Bonchev–Trinajstić information content (AvgIpc) is 3.15. The molecule has 0 unspecified atom stereocenters. The van der Waals surface area contributed by atoms with Crippen LogP contribution in [0.2, 0.25) is 0 Å². The molecule has 7 heteroatoms. The average molecular weight is 329 g/mol. The molecule has 0 saturated carbocycles. The van der Waals surface area contributed by atoms with Crippen molar-refractivity contribution in [3.63, 3.8) is 0 Å². The number of thiazole rings is 1. The van der Waals surface area contributed by atoms with Gasteiger partial charge < -0.3 is 15.1 Å². The second-order valence-electron chi connectivity index (χ2n) is 4.78. The predicted molar refractivity (Wildman–Crippen MR) is 87.0 cm³/mol. The van der Waals surface area contributed by atoms with E-state index in [0.29, 0.717) is 20.4 Å². The maximum Gasteiger partial charge on any atom is 0.267 e. The van der Waals surface area contributed by atoms with E-state index in [1.807, 2.05) is 41.0 Å². The number of nitrogens with one attached hydrogen (secondary N) is 2. The van der Waals surface area contributed by atoms with Crippen molar-refractivity contribution in [3.05, 3.63) is 63.3 Å². The van der Waals surface area contributed by atoms with Gasteiger partial charge in [0, 0.05) is 5.69 Å². The van der Waals surface area contributed by atoms with Crippen molar-refractivity contribution in [2.45, 2.75) is 6.17 Å². The minimum Gasteiger partial charge on any atom is -0.465 e. The highest BCUT2D eigenvalue weighted by Crippen LogP contribution is 2.34. The van der Waals surface area contributed by atoms with Crippen molar-refractivity contribution in [2.75, 3.05) is 5.32 Å². The van der Waals surface area contributed by atoms with Crippen molar-refractivity contribution >= 4 is 35.3 Å². The summed E-state index contributed by atoms with van der Waals surface area (Å²) in [4.78, 5) is 12.9. The first kappa shape index (κ1) is 13.3. The van der Waals surface area contributed by atoms with Crippen LogP contribution in [0.3, 0.4) is 0 Å². The molecule has 1 amide bonds. The predicted octanol–water partition coefficient (Wildman–Crippen LogP) is 3.72.